The van der Waals surface area contributed by atoms with Gasteiger partial charge >= 0.3 is 0 Å². The third-order valence-electron chi connectivity index (χ3n) is 2.80. The maximum Gasteiger partial charge on any atom is 0.268 e. The molecule has 0 spiro atoms. The Morgan fingerprint density at radius 2 is 2.18 bits per heavy atom. The molecule has 17 heavy (non-hydrogen) atoms. The van der Waals surface area contributed by atoms with Gasteiger partial charge in [-0.15, -0.1) is 6.58 Å². The van der Waals surface area contributed by atoms with Crippen LogP contribution in [0.15, 0.2) is 29.6 Å². The second-order valence-electron chi connectivity index (χ2n) is 4.09. The minimum atomic E-state index is -0.170. The van der Waals surface area contributed by atoms with Gasteiger partial charge in [0.25, 0.3) is 5.56 Å². The Labute approximate surface area is 102 Å². The first-order chi connectivity index (χ1) is 8.20. The molecule has 1 rings (SSSR count). The molecule has 0 bridgehead atoms. The van der Waals surface area contributed by atoms with Crippen LogP contribution in [0.4, 0.5) is 0 Å². The van der Waals surface area contributed by atoms with E-state index < -0.39 is 0 Å². The average Bonchev–Trinajstić information content (AvgIpc) is 2.33. The van der Waals surface area contributed by atoms with Crippen molar-refractivity contribution in [1.29, 1.82) is 5.26 Å². The van der Waals surface area contributed by atoms with Gasteiger partial charge in [0.15, 0.2) is 0 Å². The number of allylic oxidation sites excluding steroid dienone is 1. The number of aryl methyl sites for hydroxylation is 1. The fraction of sp³-hybridized carbons (Fsp3) is 0.429. The summed E-state index contributed by atoms with van der Waals surface area (Å²) >= 11 is 0. The summed E-state index contributed by atoms with van der Waals surface area (Å²) in [5.74, 6) is 0. The third kappa shape index (κ3) is 3.60. The second kappa shape index (κ2) is 6.70. The van der Waals surface area contributed by atoms with E-state index in [0.717, 1.165) is 31.4 Å². The maximum absolute atomic E-state index is 11.9. The molecule has 3 nitrogen and oxygen atoms in total. The molecular weight excluding hydrogens is 212 g/mol. The molecule has 0 fully saturated rings. The second-order valence-corrected chi connectivity index (χ2v) is 4.09. The summed E-state index contributed by atoms with van der Waals surface area (Å²) in [6.45, 7) is 6.26. The number of aromatic nitrogens is 1. The van der Waals surface area contributed by atoms with Crippen molar-refractivity contribution in [3.63, 3.8) is 0 Å². The van der Waals surface area contributed by atoms with Crippen molar-refractivity contribution < 1.29 is 0 Å². The first-order valence-corrected chi connectivity index (χ1v) is 5.92. The zero-order chi connectivity index (χ0) is 12.7. The predicted octanol–water partition coefficient (Wildman–Crippen LogP) is 2.77. The lowest BCUT2D eigenvalue weighted by Crippen LogP contribution is -2.24. The normalized spacial score (nSPS) is 9.88. The van der Waals surface area contributed by atoms with Gasteiger partial charge in [0.05, 0.1) is 0 Å². The van der Waals surface area contributed by atoms with E-state index in [2.05, 4.69) is 6.58 Å². The van der Waals surface area contributed by atoms with Crippen molar-refractivity contribution in [2.45, 2.75) is 39.2 Å². The van der Waals surface area contributed by atoms with Gasteiger partial charge in [-0.1, -0.05) is 12.5 Å². The molecule has 0 atom stereocenters. The molecule has 0 saturated heterocycles. The van der Waals surface area contributed by atoms with E-state index in [4.69, 9.17) is 5.26 Å². The van der Waals surface area contributed by atoms with E-state index in [-0.39, 0.29) is 11.1 Å². The molecule has 0 amide bonds. The topological polar surface area (TPSA) is 45.8 Å². The molecule has 0 radical (unpaired) electrons. The van der Waals surface area contributed by atoms with Crippen LogP contribution in [0.25, 0.3) is 0 Å². The minimum absolute atomic E-state index is 0.170. The van der Waals surface area contributed by atoms with Gasteiger partial charge in [-0.2, -0.15) is 5.26 Å². The highest BCUT2D eigenvalue weighted by Gasteiger charge is 2.04. The quantitative estimate of drug-likeness (QED) is 0.557. The van der Waals surface area contributed by atoms with Crippen molar-refractivity contribution >= 4 is 0 Å². The van der Waals surface area contributed by atoms with Crippen LogP contribution < -0.4 is 5.56 Å². The largest absolute Gasteiger partial charge is 0.312 e. The summed E-state index contributed by atoms with van der Waals surface area (Å²) in [6.07, 6.45) is 6.08. The van der Waals surface area contributed by atoms with E-state index in [1.54, 1.807) is 10.6 Å². The van der Waals surface area contributed by atoms with E-state index >= 15 is 0 Å². The molecule has 0 unspecified atom stereocenters. The molecule has 0 N–H and O–H groups in total. The van der Waals surface area contributed by atoms with Gasteiger partial charge in [0.2, 0.25) is 0 Å². The first-order valence-electron chi connectivity index (χ1n) is 5.92. The van der Waals surface area contributed by atoms with Crippen LogP contribution in [0.2, 0.25) is 0 Å². The zero-order valence-corrected chi connectivity index (χ0v) is 10.3. The van der Waals surface area contributed by atoms with Gasteiger partial charge in [-0.3, -0.25) is 4.79 Å². The lowest BCUT2D eigenvalue weighted by Gasteiger charge is -2.09. The third-order valence-corrected chi connectivity index (χ3v) is 2.80. The zero-order valence-electron chi connectivity index (χ0n) is 10.3. The Bertz CT molecular complexity index is 480. The van der Waals surface area contributed by atoms with Crippen molar-refractivity contribution in [1.82, 2.24) is 4.57 Å². The number of hydrogen-bond acceptors (Lipinski definition) is 2. The fourth-order valence-electron chi connectivity index (χ4n) is 1.77. The molecule has 0 saturated carbocycles. The van der Waals surface area contributed by atoms with Crippen LogP contribution >= 0.6 is 0 Å². The standard InChI is InChI=1S/C14H18N2O/c1-3-4-5-6-7-10-16-12(2)8-9-13(11-15)14(16)17/h3,8-9H,1,4-7,10H2,2H3. The maximum atomic E-state index is 11.9. The number of hydrogen-bond donors (Lipinski definition) is 0. The Morgan fingerprint density at radius 3 is 2.82 bits per heavy atom. The molecule has 0 aliphatic heterocycles. The SMILES string of the molecule is C=CCCCCCn1c(C)ccc(C#N)c1=O. The van der Waals surface area contributed by atoms with Crippen LogP contribution in [0, 0.1) is 18.3 Å². The van der Waals surface area contributed by atoms with Crippen molar-refractivity contribution in [2.75, 3.05) is 0 Å². The summed E-state index contributed by atoms with van der Waals surface area (Å²) in [5.41, 5.74) is 0.968. The number of unbranched alkanes of at least 4 members (excludes halogenated alkanes) is 3. The first kappa shape index (κ1) is 13.2. The highest BCUT2D eigenvalue weighted by Crippen LogP contribution is 2.04. The lowest BCUT2D eigenvalue weighted by molar-refractivity contribution is 0.566. The van der Waals surface area contributed by atoms with Crippen LogP contribution in [0.3, 0.4) is 0 Å². The van der Waals surface area contributed by atoms with Crippen LogP contribution in [0.5, 0.6) is 0 Å². The van der Waals surface area contributed by atoms with Gasteiger partial charge in [-0.05, 0) is 38.3 Å². The van der Waals surface area contributed by atoms with Gasteiger partial charge < -0.3 is 4.57 Å². The smallest absolute Gasteiger partial charge is 0.268 e. The molecule has 1 aromatic rings. The van der Waals surface area contributed by atoms with Crippen molar-refractivity contribution in [2.24, 2.45) is 0 Å². The van der Waals surface area contributed by atoms with Crippen LogP contribution in [-0.4, -0.2) is 4.57 Å². The predicted molar refractivity (Wildman–Crippen MR) is 68.8 cm³/mol. The van der Waals surface area contributed by atoms with Crippen LogP contribution in [0.1, 0.15) is 36.9 Å². The summed E-state index contributed by atoms with van der Waals surface area (Å²) in [5, 5.41) is 8.80. The van der Waals surface area contributed by atoms with E-state index in [9.17, 15) is 4.79 Å². The molecule has 3 heteroatoms. The highest BCUT2D eigenvalue weighted by atomic mass is 16.1. The van der Waals surface area contributed by atoms with E-state index in [0.29, 0.717) is 6.54 Å². The molecule has 90 valence electrons. The minimum Gasteiger partial charge on any atom is -0.312 e. The van der Waals surface area contributed by atoms with Gasteiger partial charge in [0, 0.05) is 12.2 Å². The van der Waals surface area contributed by atoms with Crippen LogP contribution in [-0.2, 0) is 6.54 Å². The van der Waals surface area contributed by atoms with Gasteiger partial charge in [0.1, 0.15) is 11.6 Å². The number of pyridine rings is 1. The molecule has 0 aliphatic carbocycles. The Kier molecular flexibility index (Phi) is 5.22. The molecule has 1 heterocycles. The Balaban J connectivity index is 2.68. The molecule has 1 aromatic heterocycles. The Hall–Kier alpha value is -1.82. The fourth-order valence-corrected chi connectivity index (χ4v) is 1.77. The molecular formula is C14H18N2O. The monoisotopic (exact) mass is 230 g/mol. The molecule has 0 aromatic carbocycles. The summed E-state index contributed by atoms with van der Waals surface area (Å²) in [4.78, 5) is 11.9. The molecule has 0 aliphatic rings. The summed E-state index contributed by atoms with van der Waals surface area (Å²) < 4.78 is 1.69. The van der Waals surface area contributed by atoms with Gasteiger partial charge in [-0.25, -0.2) is 0 Å². The van der Waals surface area contributed by atoms with E-state index in [1.165, 1.54) is 0 Å². The summed E-state index contributed by atoms with van der Waals surface area (Å²) in [7, 11) is 0. The highest BCUT2D eigenvalue weighted by molar-refractivity contribution is 5.27. The van der Waals surface area contributed by atoms with Crippen molar-refractivity contribution in [3.8, 4) is 6.07 Å². The summed E-state index contributed by atoms with van der Waals surface area (Å²) in [6, 6.07) is 5.34. The number of rotatable bonds is 6. The number of nitrogens with zero attached hydrogens (tertiary/aromatic N) is 2. The Morgan fingerprint density at radius 1 is 1.41 bits per heavy atom. The van der Waals surface area contributed by atoms with Crippen molar-refractivity contribution in [3.05, 3.63) is 46.4 Å². The average molecular weight is 230 g/mol. The van der Waals surface area contributed by atoms with E-state index in [1.807, 2.05) is 25.1 Å². The lowest BCUT2D eigenvalue weighted by atomic mass is 10.2. The number of nitriles is 1.